The van der Waals surface area contributed by atoms with Crippen LogP contribution in [-0.2, 0) is 43.6 Å². The van der Waals surface area contributed by atoms with Gasteiger partial charge in [-0.25, -0.2) is 14.6 Å². The molecule has 0 saturated carbocycles. The Labute approximate surface area is 346 Å². The molecule has 0 aliphatic carbocycles. The molecule has 1 aromatic heterocycles. The van der Waals surface area contributed by atoms with Crippen LogP contribution in [0.1, 0.15) is 65.6 Å². The summed E-state index contributed by atoms with van der Waals surface area (Å²) >= 11 is 0. The van der Waals surface area contributed by atoms with Crippen LogP contribution in [0.15, 0.2) is 109 Å². The Bertz CT molecular complexity index is 1920. The van der Waals surface area contributed by atoms with Gasteiger partial charge in [0.15, 0.2) is 0 Å². The van der Waals surface area contributed by atoms with Gasteiger partial charge in [-0.1, -0.05) is 91.0 Å². The van der Waals surface area contributed by atoms with Crippen LogP contribution in [0.5, 0.6) is 0 Å². The molecule has 1 heterocycles. The standard InChI is InChI=1S/C43H49F3N6O8/c44-43(45,46)40(55)50-49-37-23-22-36(29-48-37)39(54)47-24-14-28-52(42(57)60-32-35-19-8-3-9-20-35)27-13-12-26-51(41(56)59-31-34-17-6-2-7-18-34)25-11-10-21-38(53)58-30-33-15-4-1-5-16-33/h1-9,15-20,22-23,29H,10-14,21,24-28,30-32H2,(H,47,54)(H,48,49)(H,50,55). The number of nitrogens with one attached hydrogen (secondary N) is 3. The number of hydrogen-bond acceptors (Lipinski definition) is 10. The minimum absolute atomic E-state index is 0.0610. The number of amides is 4. The van der Waals surface area contributed by atoms with E-state index in [0.717, 1.165) is 22.9 Å². The van der Waals surface area contributed by atoms with Gasteiger partial charge in [0.1, 0.15) is 25.6 Å². The Morgan fingerprint density at radius 2 is 1.05 bits per heavy atom. The lowest BCUT2D eigenvalue weighted by molar-refractivity contribution is -0.173. The van der Waals surface area contributed by atoms with Gasteiger partial charge in [-0.05, 0) is 60.9 Å². The Hall–Kier alpha value is -6.65. The van der Waals surface area contributed by atoms with Gasteiger partial charge >= 0.3 is 30.2 Å². The number of carbonyl (C=O) groups excluding carboxylic acids is 5. The number of pyridine rings is 1. The number of alkyl halides is 3. The van der Waals surface area contributed by atoms with Crippen LogP contribution in [0.2, 0.25) is 0 Å². The second-order valence-electron chi connectivity index (χ2n) is 13.5. The maximum Gasteiger partial charge on any atom is 0.472 e. The van der Waals surface area contributed by atoms with Crippen molar-refractivity contribution in [2.45, 2.75) is 64.5 Å². The van der Waals surface area contributed by atoms with E-state index in [9.17, 15) is 37.1 Å². The van der Waals surface area contributed by atoms with Crippen molar-refractivity contribution in [1.29, 1.82) is 0 Å². The minimum Gasteiger partial charge on any atom is -0.461 e. The first-order chi connectivity index (χ1) is 29.0. The maximum atomic E-state index is 13.3. The van der Waals surface area contributed by atoms with Gasteiger partial charge < -0.3 is 29.3 Å². The Kier molecular flexibility index (Phi) is 19.2. The van der Waals surface area contributed by atoms with Gasteiger partial charge in [0.05, 0.1) is 5.56 Å². The summed E-state index contributed by atoms with van der Waals surface area (Å²) in [5, 5.41) is 2.72. The van der Waals surface area contributed by atoms with Gasteiger partial charge in [-0.2, -0.15) is 13.2 Å². The van der Waals surface area contributed by atoms with E-state index < -0.39 is 30.2 Å². The van der Waals surface area contributed by atoms with E-state index in [1.807, 2.05) is 96.4 Å². The van der Waals surface area contributed by atoms with E-state index in [0.29, 0.717) is 51.7 Å². The van der Waals surface area contributed by atoms with E-state index in [4.69, 9.17) is 14.2 Å². The van der Waals surface area contributed by atoms with Crippen molar-refractivity contribution in [3.05, 3.63) is 132 Å². The third kappa shape index (κ3) is 17.5. The first-order valence-corrected chi connectivity index (χ1v) is 19.5. The molecule has 3 N–H and O–H groups in total. The molecule has 4 aromatic rings. The number of hydrogen-bond donors (Lipinski definition) is 3. The maximum absolute atomic E-state index is 13.3. The summed E-state index contributed by atoms with van der Waals surface area (Å²) in [6, 6.07) is 30.4. The molecule has 320 valence electrons. The van der Waals surface area contributed by atoms with Gasteiger partial charge in [0, 0.05) is 45.3 Å². The highest BCUT2D eigenvalue weighted by molar-refractivity contribution is 5.94. The summed E-state index contributed by atoms with van der Waals surface area (Å²) < 4.78 is 53.8. The summed E-state index contributed by atoms with van der Waals surface area (Å²) in [7, 11) is 0. The molecule has 0 aliphatic heterocycles. The molecule has 3 aromatic carbocycles. The van der Waals surface area contributed by atoms with Crippen LogP contribution in [-0.4, -0.2) is 83.7 Å². The van der Waals surface area contributed by atoms with E-state index in [-0.39, 0.29) is 56.7 Å². The summed E-state index contributed by atoms with van der Waals surface area (Å²) in [4.78, 5) is 69.5. The molecule has 60 heavy (non-hydrogen) atoms. The molecule has 0 spiro atoms. The van der Waals surface area contributed by atoms with Gasteiger partial charge in [-0.3, -0.25) is 25.2 Å². The molecule has 0 atom stereocenters. The minimum atomic E-state index is -5.08. The first kappa shape index (κ1) is 46.0. The Morgan fingerprint density at radius 1 is 0.583 bits per heavy atom. The van der Waals surface area contributed by atoms with Crippen LogP contribution in [0.25, 0.3) is 0 Å². The predicted octanol–water partition coefficient (Wildman–Crippen LogP) is 7.18. The lowest BCUT2D eigenvalue weighted by atomic mass is 10.2. The molecule has 4 amide bonds. The molecule has 0 bridgehead atoms. The molecule has 0 radical (unpaired) electrons. The van der Waals surface area contributed by atoms with Crippen molar-refractivity contribution in [2.24, 2.45) is 0 Å². The average molecular weight is 835 g/mol. The first-order valence-electron chi connectivity index (χ1n) is 19.5. The van der Waals surface area contributed by atoms with E-state index in [1.165, 1.54) is 22.5 Å². The number of benzene rings is 3. The number of ether oxygens (including phenoxy) is 3. The summed E-state index contributed by atoms with van der Waals surface area (Å²) in [5.74, 6) is -3.14. The van der Waals surface area contributed by atoms with Gasteiger partial charge in [-0.15, -0.1) is 0 Å². The molecular formula is C43H49F3N6O8. The molecule has 0 aliphatic rings. The predicted molar refractivity (Wildman–Crippen MR) is 215 cm³/mol. The number of carbonyl (C=O) groups is 5. The van der Waals surface area contributed by atoms with Crippen molar-refractivity contribution >= 4 is 35.8 Å². The van der Waals surface area contributed by atoms with Crippen LogP contribution >= 0.6 is 0 Å². The van der Waals surface area contributed by atoms with E-state index in [1.54, 1.807) is 4.90 Å². The number of esters is 1. The SMILES string of the molecule is O=C(CCCCN(CCCCN(CCCNC(=O)c1ccc(NNC(=O)C(F)(F)F)nc1)C(=O)OCc1ccccc1)C(=O)OCc1ccccc1)OCc1ccccc1. The van der Waals surface area contributed by atoms with E-state index in [2.05, 4.69) is 10.3 Å². The van der Waals surface area contributed by atoms with Crippen molar-refractivity contribution < 1.29 is 51.4 Å². The quantitative estimate of drug-likeness (QED) is 0.0301. The number of aromatic nitrogens is 1. The fourth-order valence-corrected chi connectivity index (χ4v) is 5.57. The van der Waals surface area contributed by atoms with Crippen molar-refractivity contribution in [3.8, 4) is 0 Å². The fraction of sp³-hybridized carbons (Fsp3) is 0.349. The zero-order valence-electron chi connectivity index (χ0n) is 33.0. The fourth-order valence-electron chi connectivity index (χ4n) is 5.57. The monoisotopic (exact) mass is 834 g/mol. The lowest BCUT2D eigenvalue weighted by Gasteiger charge is -2.24. The largest absolute Gasteiger partial charge is 0.472 e. The second-order valence-corrected chi connectivity index (χ2v) is 13.5. The number of unbranched alkanes of at least 4 members (excludes halogenated alkanes) is 2. The van der Waals surface area contributed by atoms with Crippen LogP contribution in [0.4, 0.5) is 28.6 Å². The summed E-state index contributed by atoms with van der Waals surface area (Å²) in [6.45, 7) is 1.75. The number of halogens is 3. The zero-order valence-corrected chi connectivity index (χ0v) is 33.0. The second kappa shape index (κ2) is 25.0. The average Bonchev–Trinajstić information content (AvgIpc) is 3.26. The highest BCUT2D eigenvalue weighted by Gasteiger charge is 2.38. The van der Waals surface area contributed by atoms with Gasteiger partial charge in [0.25, 0.3) is 5.91 Å². The van der Waals surface area contributed by atoms with Crippen LogP contribution in [0.3, 0.4) is 0 Å². The van der Waals surface area contributed by atoms with Crippen molar-refractivity contribution in [1.82, 2.24) is 25.5 Å². The summed E-state index contributed by atoms with van der Waals surface area (Å²) in [5.41, 5.74) is 6.17. The zero-order chi connectivity index (χ0) is 43.0. The van der Waals surface area contributed by atoms with Crippen molar-refractivity contribution in [2.75, 3.05) is 38.1 Å². The highest BCUT2D eigenvalue weighted by Crippen LogP contribution is 2.15. The number of anilines is 1. The third-order valence-corrected chi connectivity index (χ3v) is 8.81. The third-order valence-electron chi connectivity index (χ3n) is 8.81. The lowest BCUT2D eigenvalue weighted by Crippen LogP contribution is -2.40. The van der Waals surface area contributed by atoms with E-state index >= 15 is 0 Å². The van der Waals surface area contributed by atoms with Crippen LogP contribution in [0, 0.1) is 0 Å². The molecule has 17 heteroatoms. The molecular weight excluding hydrogens is 786 g/mol. The number of nitrogens with zero attached hydrogens (tertiary/aromatic N) is 3. The Balaban J connectivity index is 1.26. The topological polar surface area (TPSA) is 168 Å². The molecule has 0 fully saturated rings. The molecule has 14 nitrogen and oxygen atoms in total. The number of rotatable bonds is 23. The van der Waals surface area contributed by atoms with Gasteiger partial charge in [0.2, 0.25) is 0 Å². The van der Waals surface area contributed by atoms with Crippen molar-refractivity contribution in [3.63, 3.8) is 0 Å². The Morgan fingerprint density at radius 3 is 1.52 bits per heavy atom. The molecule has 0 unspecified atom stereocenters. The normalized spacial score (nSPS) is 10.8. The smallest absolute Gasteiger partial charge is 0.461 e. The molecule has 4 rings (SSSR count). The number of hydrazine groups is 1. The molecule has 0 saturated heterocycles. The summed E-state index contributed by atoms with van der Waals surface area (Å²) in [6.07, 6.45) is -2.34. The van der Waals surface area contributed by atoms with Crippen LogP contribution < -0.4 is 16.2 Å². The highest BCUT2D eigenvalue weighted by atomic mass is 19.4.